The normalized spacial score (nSPS) is 23.2. The molecule has 4 rings (SSSR count). The highest BCUT2D eigenvalue weighted by molar-refractivity contribution is 5.78. The molecule has 6 heteroatoms. The Morgan fingerprint density at radius 1 is 1.00 bits per heavy atom. The van der Waals surface area contributed by atoms with E-state index in [1.807, 2.05) is 18.2 Å². The summed E-state index contributed by atoms with van der Waals surface area (Å²) in [5, 5.41) is 9.97. The average molecular weight is 370 g/mol. The predicted octanol–water partition coefficient (Wildman–Crippen LogP) is 2.90. The van der Waals surface area contributed by atoms with Gasteiger partial charge in [-0.1, -0.05) is 6.07 Å². The maximum atomic E-state index is 12.5. The second kappa shape index (κ2) is 6.68. The summed E-state index contributed by atoms with van der Waals surface area (Å²) in [5.41, 5.74) is 3.02. The zero-order chi connectivity index (χ0) is 19.1. The van der Waals surface area contributed by atoms with Crippen LogP contribution in [0.5, 0.6) is 23.0 Å². The second-order valence-electron chi connectivity index (χ2n) is 6.93. The van der Waals surface area contributed by atoms with Gasteiger partial charge in [-0.15, -0.1) is 0 Å². The van der Waals surface area contributed by atoms with Gasteiger partial charge in [0.25, 0.3) is 0 Å². The monoisotopic (exact) mass is 370 g/mol. The summed E-state index contributed by atoms with van der Waals surface area (Å²) < 4.78 is 21.6. The third-order valence-electron chi connectivity index (χ3n) is 5.60. The number of hydrogen-bond acceptors (Lipinski definition) is 6. The van der Waals surface area contributed by atoms with E-state index in [1.54, 1.807) is 26.4 Å². The van der Waals surface area contributed by atoms with Crippen molar-refractivity contribution in [2.24, 2.45) is 11.8 Å². The fraction of sp³-hybridized carbons (Fsp3) is 0.381. The standard InChI is InChI=1S/C21H22O6/c1-24-16-7-11(4-5-15(16)22)19-14-9-18(26-3)17(25-2)8-12(14)6-13-10-27-21(23)20(13)19/h4-5,7-9,13,19-20,22H,6,10H2,1-3H3. The summed E-state index contributed by atoms with van der Waals surface area (Å²) in [7, 11) is 4.72. The number of rotatable bonds is 4. The number of methoxy groups -OCH3 is 3. The fourth-order valence-corrected chi connectivity index (χ4v) is 4.33. The molecule has 1 N–H and O–H groups in total. The van der Waals surface area contributed by atoms with E-state index in [0.717, 1.165) is 23.1 Å². The number of aromatic hydroxyl groups is 1. The van der Waals surface area contributed by atoms with Crippen LogP contribution in [-0.2, 0) is 16.0 Å². The largest absolute Gasteiger partial charge is 0.504 e. The zero-order valence-electron chi connectivity index (χ0n) is 15.5. The predicted molar refractivity (Wildman–Crippen MR) is 97.7 cm³/mol. The van der Waals surface area contributed by atoms with E-state index in [9.17, 15) is 9.90 Å². The molecule has 1 fully saturated rings. The van der Waals surface area contributed by atoms with Crippen molar-refractivity contribution >= 4 is 5.97 Å². The summed E-state index contributed by atoms with van der Waals surface area (Å²) in [6, 6.07) is 9.14. The number of phenols is 1. The topological polar surface area (TPSA) is 74.2 Å². The van der Waals surface area contributed by atoms with E-state index in [0.29, 0.717) is 23.9 Å². The van der Waals surface area contributed by atoms with Crippen LogP contribution in [0.25, 0.3) is 0 Å². The number of carbonyl (C=O) groups excluding carboxylic acids is 1. The lowest BCUT2D eigenvalue weighted by Crippen LogP contribution is -2.31. The van der Waals surface area contributed by atoms with Crippen molar-refractivity contribution in [2.75, 3.05) is 27.9 Å². The minimum atomic E-state index is -0.273. The number of phenolic OH excluding ortho intramolecular Hbond substituents is 1. The van der Waals surface area contributed by atoms with Crippen molar-refractivity contribution < 1.29 is 28.8 Å². The number of hydrogen-bond donors (Lipinski definition) is 1. The maximum absolute atomic E-state index is 12.5. The lowest BCUT2D eigenvalue weighted by Gasteiger charge is -2.34. The number of fused-ring (bicyclic) bond motifs is 2. The zero-order valence-corrected chi connectivity index (χ0v) is 15.5. The van der Waals surface area contributed by atoms with Crippen LogP contribution < -0.4 is 14.2 Å². The van der Waals surface area contributed by atoms with Gasteiger partial charge in [-0.05, 0) is 47.4 Å². The van der Waals surface area contributed by atoms with E-state index >= 15 is 0 Å². The molecule has 3 atom stereocenters. The second-order valence-corrected chi connectivity index (χ2v) is 6.93. The fourth-order valence-electron chi connectivity index (χ4n) is 4.33. The summed E-state index contributed by atoms with van der Waals surface area (Å²) in [6.45, 7) is 0.420. The molecule has 2 aromatic carbocycles. The molecule has 2 aromatic rings. The molecule has 3 unspecified atom stereocenters. The van der Waals surface area contributed by atoms with Gasteiger partial charge < -0.3 is 24.1 Å². The molecule has 1 heterocycles. The molecule has 0 radical (unpaired) electrons. The van der Waals surface area contributed by atoms with Gasteiger partial charge in [-0.25, -0.2) is 0 Å². The lowest BCUT2D eigenvalue weighted by molar-refractivity contribution is -0.141. The van der Waals surface area contributed by atoms with Crippen LogP contribution in [0.2, 0.25) is 0 Å². The molecule has 2 aliphatic rings. The summed E-state index contributed by atoms with van der Waals surface area (Å²) in [4.78, 5) is 12.5. The van der Waals surface area contributed by atoms with Gasteiger partial charge in [0, 0.05) is 11.8 Å². The lowest BCUT2D eigenvalue weighted by atomic mass is 9.67. The van der Waals surface area contributed by atoms with Crippen molar-refractivity contribution in [1.29, 1.82) is 0 Å². The number of esters is 1. The van der Waals surface area contributed by atoms with Crippen molar-refractivity contribution in [3.63, 3.8) is 0 Å². The minimum Gasteiger partial charge on any atom is -0.504 e. The first-order chi connectivity index (χ1) is 13.1. The Morgan fingerprint density at radius 3 is 2.41 bits per heavy atom. The summed E-state index contributed by atoms with van der Waals surface area (Å²) >= 11 is 0. The van der Waals surface area contributed by atoms with Gasteiger partial charge in [0.05, 0.1) is 33.9 Å². The number of benzene rings is 2. The summed E-state index contributed by atoms with van der Waals surface area (Å²) in [6.07, 6.45) is 0.748. The number of ether oxygens (including phenoxy) is 4. The molecular formula is C21H22O6. The molecule has 6 nitrogen and oxygen atoms in total. The van der Waals surface area contributed by atoms with Gasteiger partial charge >= 0.3 is 5.97 Å². The van der Waals surface area contributed by atoms with Gasteiger partial charge in [0.1, 0.15) is 0 Å². The van der Waals surface area contributed by atoms with Gasteiger partial charge in [0.2, 0.25) is 0 Å². The first-order valence-corrected chi connectivity index (χ1v) is 8.85. The maximum Gasteiger partial charge on any atom is 0.310 e. The van der Waals surface area contributed by atoms with E-state index in [2.05, 4.69) is 0 Å². The molecule has 1 aliphatic heterocycles. The molecule has 27 heavy (non-hydrogen) atoms. The summed E-state index contributed by atoms with van der Waals surface area (Å²) in [5.74, 6) is 1.18. The molecule has 142 valence electrons. The van der Waals surface area contributed by atoms with Gasteiger partial charge in [-0.2, -0.15) is 0 Å². The van der Waals surface area contributed by atoms with Crippen LogP contribution in [0.4, 0.5) is 0 Å². The van der Waals surface area contributed by atoms with Crippen LogP contribution >= 0.6 is 0 Å². The highest BCUT2D eigenvalue weighted by atomic mass is 16.5. The molecule has 0 amide bonds. The van der Waals surface area contributed by atoms with Crippen LogP contribution in [0, 0.1) is 11.8 Å². The Bertz CT molecular complexity index is 890. The van der Waals surface area contributed by atoms with Crippen LogP contribution in [0.1, 0.15) is 22.6 Å². The van der Waals surface area contributed by atoms with E-state index in [1.165, 1.54) is 7.11 Å². The van der Waals surface area contributed by atoms with Crippen LogP contribution in [0.3, 0.4) is 0 Å². The van der Waals surface area contributed by atoms with Crippen molar-refractivity contribution in [2.45, 2.75) is 12.3 Å². The molecular weight excluding hydrogens is 348 g/mol. The minimum absolute atomic E-state index is 0.0649. The first-order valence-electron chi connectivity index (χ1n) is 8.85. The number of carbonyl (C=O) groups is 1. The van der Waals surface area contributed by atoms with E-state index in [4.69, 9.17) is 18.9 Å². The molecule has 1 saturated heterocycles. The van der Waals surface area contributed by atoms with Crippen LogP contribution in [-0.4, -0.2) is 39.0 Å². The Morgan fingerprint density at radius 2 is 1.70 bits per heavy atom. The Kier molecular flexibility index (Phi) is 4.34. The Labute approximate surface area is 157 Å². The molecule has 0 bridgehead atoms. The smallest absolute Gasteiger partial charge is 0.310 e. The molecule has 0 aromatic heterocycles. The Balaban J connectivity index is 1.91. The molecule has 0 spiro atoms. The number of cyclic esters (lactones) is 1. The third-order valence-corrected chi connectivity index (χ3v) is 5.60. The van der Waals surface area contributed by atoms with E-state index < -0.39 is 0 Å². The molecule has 1 aliphatic carbocycles. The quantitative estimate of drug-likeness (QED) is 0.835. The average Bonchev–Trinajstić information content (AvgIpc) is 3.06. The Hall–Kier alpha value is -2.89. The van der Waals surface area contributed by atoms with Crippen LogP contribution in [0.15, 0.2) is 30.3 Å². The van der Waals surface area contributed by atoms with Crippen molar-refractivity contribution in [1.82, 2.24) is 0 Å². The molecule has 0 saturated carbocycles. The van der Waals surface area contributed by atoms with Gasteiger partial charge in [-0.3, -0.25) is 4.79 Å². The highest BCUT2D eigenvalue weighted by Gasteiger charge is 2.47. The van der Waals surface area contributed by atoms with E-state index in [-0.39, 0.29) is 29.5 Å². The SMILES string of the molecule is COc1cc(C2c3cc(OC)c(OC)cc3CC3COC(=O)C32)ccc1O. The highest BCUT2D eigenvalue weighted by Crippen LogP contribution is 2.50. The van der Waals surface area contributed by atoms with Crippen molar-refractivity contribution in [3.8, 4) is 23.0 Å². The van der Waals surface area contributed by atoms with Crippen molar-refractivity contribution in [3.05, 3.63) is 47.0 Å². The third kappa shape index (κ3) is 2.76. The first kappa shape index (κ1) is 17.5. The van der Waals surface area contributed by atoms with Gasteiger partial charge in [0.15, 0.2) is 23.0 Å².